The Labute approximate surface area is 215 Å². The van der Waals surface area contributed by atoms with Gasteiger partial charge >= 0.3 is 0 Å². The molecule has 1 saturated carbocycles. The van der Waals surface area contributed by atoms with Crippen LogP contribution in [-0.2, 0) is 4.79 Å². The lowest BCUT2D eigenvalue weighted by molar-refractivity contribution is -0.134. The predicted octanol–water partition coefficient (Wildman–Crippen LogP) is 3.51. The van der Waals surface area contributed by atoms with Gasteiger partial charge in [-0.15, -0.1) is 0 Å². The zero-order chi connectivity index (χ0) is 25.4. The molecule has 4 aromatic rings. The molecular weight excluding hydrogens is 468 g/mol. The molecule has 10 nitrogen and oxygen atoms in total. The molecule has 0 atom stereocenters. The third kappa shape index (κ3) is 4.57. The van der Waals surface area contributed by atoms with E-state index in [1.165, 1.54) is 12.8 Å². The number of aromatic nitrogens is 5. The molecule has 10 heteroatoms. The summed E-state index contributed by atoms with van der Waals surface area (Å²) in [7, 11) is 0. The Balaban J connectivity index is 1.23. The first-order valence-corrected chi connectivity index (χ1v) is 13.1. The van der Waals surface area contributed by atoms with Crippen LogP contribution in [0.15, 0.2) is 43.0 Å². The number of pyridine rings is 2. The van der Waals surface area contributed by atoms with Crippen LogP contribution in [0.25, 0.3) is 21.9 Å². The van der Waals surface area contributed by atoms with E-state index >= 15 is 0 Å². The zero-order valence-corrected chi connectivity index (χ0v) is 21.0. The van der Waals surface area contributed by atoms with E-state index in [0.717, 1.165) is 46.4 Å². The SMILES string of the molecule is CC1CCC(n2c3cnccc3c3cnc(Nc4ccc(N5CCN(C(=O)CO)CC5)cn4)nc32)CC1. The average Bonchev–Trinajstić information content (AvgIpc) is 3.27. The smallest absolute Gasteiger partial charge is 0.248 e. The van der Waals surface area contributed by atoms with Gasteiger partial charge in [0, 0.05) is 55.4 Å². The summed E-state index contributed by atoms with van der Waals surface area (Å²) in [5, 5.41) is 14.5. The van der Waals surface area contributed by atoms with Gasteiger partial charge in [0.25, 0.3) is 0 Å². The van der Waals surface area contributed by atoms with Crippen LogP contribution in [0.2, 0.25) is 0 Å². The van der Waals surface area contributed by atoms with Gasteiger partial charge in [-0.2, -0.15) is 4.98 Å². The van der Waals surface area contributed by atoms with Gasteiger partial charge in [-0.3, -0.25) is 9.78 Å². The number of rotatable bonds is 5. The van der Waals surface area contributed by atoms with Crippen molar-refractivity contribution in [2.24, 2.45) is 5.92 Å². The van der Waals surface area contributed by atoms with Crippen LogP contribution in [0.4, 0.5) is 17.5 Å². The lowest BCUT2D eigenvalue weighted by atomic mass is 9.87. The van der Waals surface area contributed by atoms with Gasteiger partial charge < -0.3 is 24.8 Å². The minimum absolute atomic E-state index is 0.220. The Morgan fingerprint density at radius 3 is 2.54 bits per heavy atom. The second-order valence-electron chi connectivity index (χ2n) is 10.2. The molecule has 4 aromatic heterocycles. The fraction of sp³-hybridized carbons (Fsp3) is 0.444. The number of carbonyl (C=O) groups excluding carboxylic acids is 1. The molecule has 0 radical (unpaired) electrons. The first kappa shape index (κ1) is 23.6. The molecule has 0 aromatic carbocycles. The van der Waals surface area contributed by atoms with Crippen molar-refractivity contribution in [1.82, 2.24) is 29.4 Å². The predicted molar refractivity (Wildman–Crippen MR) is 143 cm³/mol. The molecule has 2 aliphatic rings. The van der Waals surface area contributed by atoms with E-state index in [9.17, 15) is 4.79 Å². The highest BCUT2D eigenvalue weighted by Gasteiger charge is 2.25. The van der Waals surface area contributed by atoms with Crippen LogP contribution in [0.3, 0.4) is 0 Å². The number of fused-ring (bicyclic) bond motifs is 3. The van der Waals surface area contributed by atoms with Crippen molar-refractivity contribution < 1.29 is 9.90 Å². The van der Waals surface area contributed by atoms with Crippen LogP contribution in [-0.4, -0.2) is 73.2 Å². The Morgan fingerprint density at radius 1 is 1.00 bits per heavy atom. The number of carbonyl (C=O) groups is 1. The molecule has 5 heterocycles. The van der Waals surface area contributed by atoms with Crippen molar-refractivity contribution in [2.75, 3.05) is 43.0 Å². The molecule has 2 N–H and O–H groups in total. The fourth-order valence-corrected chi connectivity index (χ4v) is 5.67. The zero-order valence-electron chi connectivity index (χ0n) is 21.0. The molecule has 192 valence electrons. The maximum Gasteiger partial charge on any atom is 0.248 e. The Hall–Kier alpha value is -3.79. The summed E-state index contributed by atoms with van der Waals surface area (Å²) in [6.45, 7) is 4.50. The summed E-state index contributed by atoms with van der Waals surface area (Å²) in [5.74, 6) is 1.75. The van der Waals surface area contributed by atoms with Crippen LogP contribution in [0, 0.1) is 5.92 Å². The Kier molecular flexibility index (Phi) is 6.33. The molecular formula is C27H32N8O2. The van der Waals surface area contributed by atoms with E-state index in [2.05, 4.69) is 42.7 Å². The summed E-state index contributed by atoms with van der Waals surface area (Å²) >= 11 is 0. The maximum atomic E-state index is 11.7. The van der Waals surface area contributed by atoms with Gasteiger partial charge in [0.2, 0.25) is 11.9 Å². The average molecular weight is 501 g/mol. The van der Waals surface area contributed by atoms with E-state index in [1.54, 1.807) is 4.90 Å². The molecule has 1 saturated heterocycles. The van der Waals surface area contributed by atoms with Crippen LogP contribution in [0.1, 0.15) is 38.6 Å². The molecule has 1 aliphatic carbocycles. The van der Waals surface area contributed by atoms with Gasteiger partial charge in [0.1, 0.15) is 18.1 Å². The number of aliphatic hydroxyl groups is 1. The second-order valence-corrected chi connectivity index (χ2v) is 10.2. The number of hydrogen-bond donors (Lipinski definition) is 2. The third-order valence-corrected chi connectivity index (χ3v) is 7.82. The number of aliphatic hydroxyl groups excluding tert-OH is 1. The fourth-order valence-electron chi connectivity index (χ4n) is 5.67. The van der Waals surface area contributed by atoms with E-state index in [4.69, 9.17) is 10.1 Å². The summed E-state index contributed by atoms with van der Waals surface area (Å²) in [6.07, 6.45) is 12.3. The van der Waals surface area contributed by atoms with Crippen LogP contribution in [0.5, 0.6) is 0 Å². The molecule has 0 spiro atoms. The number of anilines is 3. The second kappa shape index (κ2) is 9.93. The van der Waals surface area contributed by atoms with Crippen molar-refractivity contribution >= 4 is 45.3 Å². The quantitative estimate of drug-likeness (QED) is 0.428. The molecule has 1 amide bonds. The third-order valence-electron chi connectivity index (χ3n) is 7.82. The lowest BCUT2D eigenvalue weighted by Crippen LogP contribution is -2.49. The van der Waals surface area contributed by atoms with Crippen molar-refractivity contribution in [3.8, 4) is 0 Å². The maximum absolute atomic E-state index is 11.7. The minimum Gasteiger partial charge on any atom is -0.387 e. The number of piperazine rings is 1. The van der Waals surface area contributed by atoms with Crippen molar-refractivity contribution in [3.05, 3.63) is 43.0 Å². The van der Waals surface area contributed by atoms with Crippen LogP contribution >= 0.6 is 0 Å². The largest absolute Gasteiger partial charge is 0.387 e. The highest BCUT2D eigenvalue weighted by molar-refractivity contribution is 6.06. The molecule has 1 aliphatic heterocycles. The van der Waals surface area contributed by atoms with E-state index < -0.39 is 6.61 Å². The van der Waals surface area contributed by atoms with Gasteiger partial charge in [-0.1, -0.05) is 6.92 Å². The standard InChI is InChI=1S/C27H32N8O2/c1-18-2-4-19(5-3-18)35-23-16-28-9-8-21(23)22-15-30-27(32-26(22)35)31-24-7-6-20(14-29-24)33-10-12-34(13-11-33)25(37)17-36/h6-9,14-16,18-19,36H,2-5,10-13,17H2,1H3,(H,29,30,31,32). The van der Waals surface area contributed by atoms with E-state index in [0.29, 0.717) is 44.0 Å². The number of nitrogens with one attached hydrogen (secondary N) is 1. The monoisotopic (exact) mass is 500 g/mol. The molecule has 0 unspecified atom stereocenters. The normalized spacial score (nSPS) is 20.5. The molecule has 6 rings (SSSR count). The summed E-state index contributed by atoms with van der Waals surface area (Å²) in [5.41, 5.74) is 3.05. The van der Waals surface area contributed by atoms with Gasteiger partial charge in [-0.25, -0.2) is 9.97 Å². The summed E-state index contributed by atoms with van der Waals surface area (Å²) in [4.78, 5) is 34.1. The first-order valence-electron chi connectivity index (χ1n) is 13.1. The number of hydrogen-bond acceptors (Lipinski definition) is 8. The highest BCUT2D eigenvalue weighted by Crippen LogP contribution is 2.38. The van der Waals surface area contributed by atoms with Crippen molar-refractivity contribution in [2.45, 2.75) is 38.6 Å². The minimum atomic E-state index is -0.437. The molecule has 37 heavy (non-hydrogen) atoms. The Morgan fingerprint density at radius 2 is 1.81 bits per heavy atom. The lowest BCUT2D eigenvalue weighted by Gasteiger charge is -2.35. The summed E-state index contributed by atoms with van der Waals surface area (Å²) in [6, 6.07) is 6.41. The molecule has 0 bridgehead atoms. The van der Waals surface area contributed by atoms with E-state index in [-0.39, 0.29) is 5.91 Å². The first-order chi connectivity index (χ1) is 18.1. The molecule has 2 fully saturated rings. The Bertz CT molecular complexity index is 1400. The van der Waals surface area contributed by atoms with Crippen molar-refractivity contribution in [1.29, 1.82) is 0 Å². The van der Waals surface area contributed by atoms with Gasteiger partial charge in [0.15, 0.2) is 0 Å². The van der Waals surface area contributed by atoms with E-state index in [1.807, 2.05) is 36.9 Å². The highest BCUT2D eigenvalue weighted by atomic mass is 16.3. The van der Waals surface area contributed by atoms with Crippen molar-refractivity contribution in [3.63, 3.8) is 0 Å². The summed E-state index contributed by atoms with van der Waals surface area (Å²) < 4.78 is 2.37. The van der Waals surface area contributed by atoms with Gasteiger partial charge in [0.05, 0.1) is 23.6 Å². The topological polar surface area (TPSA) is 112 Å². The van der Waals surface area contributed by atoms with Gasteiger partial charge in [-0.05, 0) is 49.8 Å². The number of nitrogens with zero attached hydrogens (tertiary/aromatic N) is 7. The number of amides is 1. The van der Waals surface area contributed by atoms with Crippen LogP contribution < -0.4 is 10.2 Å².